The molecule has 2 heterocycles. The Kier molecular flexibility index (Phi) is 4.59. The van der Waals surface area contributed by atoms with Crippen LogP contribution in [0.15, 0.2) is 48.0 Å². The van der Waals surface area contributed by atoms with Crippen molar-refractivity contribution in [3.63, 3.8) is 0 Å². The summed E-state index contributed by atoms with van der Waals surface area (Å²) in [6.07, 6.45) is 3.68. The second-order valence-electron chi connectivity index (χ2n) is 5.59. The molecule has 1 atom stereocenters. The van der Waals surface area contributed by atoms with Gasteiger partial charge < -0.3 is 10.3 Å². The number of nitrogens with one attached hydrogen (secondary N) is 2. The lowest BCUT2D eigenvalue weighted by atomic mass is 10.00. The van der Waals surface area contributed by atoms with Crippen molar-refractivity contribution in [2.24, 2.45) is 5.92 Å². The maximum atomic E-state index is 12.2. The topological polar surface area (TPSA) is 44.9 Å². The van der Waals surface area contributed by atoms with E-state index in [1.165, 1.54) is 15.8 Å². The molecule has 0 fully saturated rings. The van der Waals surface area contributed by atoms with E-state index in [-0.39, 0.29) is 11.8 Å². The molecular formula is C18H20N2OS. The van der Waals surface area contributed by atoms with E-state index >= 15 is 0 Å². The minimum absolute atomic E-state index is 0.0254. The molecule has 0 saturated heterocycles. The average Bonchev–Trinajstić information content (AvgIpc) is 3.17. The molecule has 2 N–H and O–H groups in total. The maximum Gasteiger partial charge on any atom is 0.223 e. The molecule has 0 aliphatic rings. The van der Waals surface area contributed by atoms with Gasteiger partial charge in [0.1, 0.15) is 0 Å². The third-order valence-corrected chi connectivity index (χ3v) is 4.84. The van der Waals surface area contributed by atoms with E-state index in [9.17, 15) is 4.79 Å². The first-order valence-electron chi connectivity index (χ1n) is 7.59. The van der Waals surface area contributed by atoms with Crippen LogP contribution < -0.4 is 5.32 Å². The van der Waals surface area contributed by atoms with E-state index in [0.717, 1.165) is 18.4 Å². The second-order valence-corrected chi connectivity index (χ2v) is 6.62. The molecule has 1 unspecified atom stereocenters. The van der Waals surface area contributed by atoms with E-state index in [1.807, 2.05) is 31.3 Å². The molecule has 22 heavy (non-hydrogen) atoms. The number of hydrogen-bond acceptors (Lipinski definition) is 2. The van der Waals surface area contributed by atoms with Crippen molar-refractivity contribution >= 4 is 28.1 Å². The summed E-state index contributed by atoms with van der Waals surface area (Å²) in [6.45, 7) is 2.69. The summed E-state index contributed by atoms with van der Waals surface area (Å²) in [5.41, 5.74) is 2.33. The molecule has 1 aromatic carbocycles. The fourth-order valence-corrected chi connectivity index (χ4v) is 3.37. The van der Waals surface area contributed by atoms with Gasteiger partial charge in [-0.15, -0.1) is 11.3 Å². The van der Waals surface area contributed by atoms with Gasteiger partial charge in [0.05, 0.1) is 0 Å². The molecule has 3 rings (SSSR count). The van der Waals surface area contributed by atoms with Crippen LogP contribution in [0.4, 0.5) is 0 Å². The van der Waals surface area contributed by atoms with Gasteiger partial charge in [0, 0.05) is 34.4 Å². The summed E-state index contributed by atoms with van der Waals surface area (Å²) < 4.78 is 0. The number of aromatic amines is 1. The predicted molar refractivity (Wildman–Crippen MR) is 92.2 cm³/mol. The number of carbonyl (C=O) groups excluding carboxylic acids is 1. The molecule has 4 heteroatoms. The third-order valence-electron chi connectivity index (χ3n) is 3.90. The zero-order valence-electron chi connectivity index (χ0n) is 12.6. The number of rotatable bonds is 6. The summed E-state index contributed by atoms with van der Waals surface area (Å²) in [5, 5.41) is 6.31. The van der Waals surface area contributed by atoms with Crippen LogP contribution in [-0.4, -0.2) is 17.4 Å². The normalized spacial score (nSPS) is 12.4. The van der Waals surface area contributed by atoms with E-state index < -0.39 is 0 Å². The highest BCUT2D eigenvalue weighted by Crippen LogP contribution is 2.20. The Morgan fingerprint density at radius 1 is 1.27 bits per heavy atom. The van der Waals surface area contributed by atoms with Gasteiger partial charge in [-0.3, -0.25) is 4.79 Å². The lowest BCUT2D eigenvalue weighted by Gasteiger charge is -2.11. The molecular weight excluding hydrogens is 292 g/mol. The van der Waals surface area contributed by atoms with Crippen LogP contribution in [-0.2, 0) is 17.6 Å². The number of fused-ring (bicyclic) bond motifs is 1. The summed E-state index contributed by atoms with van der Waals surface area (Å²) in [6, 6.07) is 12.4. The number of hydrogen-bond donors (Lipinski definition) is 2. The van der Waals surface area contributed by atoms with Crippen molar-refractivity contribution in [1.82, 2.24) is 10.3 Å². The molecule has 0 radical (unpaired) electrons. The Morgan fingerprint density at radius 2 is 2.14 bits per heavy atom. The quantitative estimate of drug-likeness (QED) is 0.715. The Balaban J connectivity index is 1.54. The number of para-hydroxylation sites is 1. The fraction of sp³-hybridized carbons (Fsp3) is 0.278. The molecule has 0 aliphatic heterocycles. The Hall–Kier alpha value is -2.07. The molecule has 1 amide bonds. The van der Waals surface area contributed by atoms with Crippen LogP contribution in [0.5, 0.6) is 0 Å². The van der Waals surface area contributed by atoms with Gasteiger partial charge in [0.15, 0.2) is 0 Å². The van der Waals surface area contributed by atoms with Gasteiger partial charge in [-0.25, -0.2) is 0 Å². The number of amides is 1. The molecule has 2 aromatic heterocycles. The Morgan fingerprint density at radius 3 is 2.95 bits per heavy atom. The third kappa shape index (κ3) is 3.39. The first-order chi connectivity index (χ1) is 10.7. The van der Waals surface area contributed by atoms with Crippen molar-refractivity contribution in [3.05, 3.63) is 58.4 Å². The molecule has 0 spiro atoms. The minimum atomic E-state index is -0.0254. The molecule has 0 saturated carbocycles. The van der Waals surface area contributed by atoms with Gasteiger partial charge in [-0.1, -0.05) is 31.2 Å². The molecule has 114 valence electrons. The van der Waals surface area contributed by atoms with Crippen LogP contribution in [0.25, 0.3) is 10.9 Å². The smallest absolute Gasteiger partial charge is 0.223 e. The number of aromatic nitrogens is 1. The van der Waals surface area contributed by atoms with E-state index in [0.29, 0.717) is 6.54 Å². The number of H-pyrrole nitrogens is 1. The zero-order chi connectivity index (χ0) is 15.4. The number of carbonyl (C=O) groups is 1. The van der Waals surface area contributed by atoms with Gasteiger partial charge in [-0.05, 0) is 35.9 Å². The van der Waals surface area contributed by atoms with Gasteiger partial charge in [0.2, 0.25) is 5.91 Å². The Labute approximate surface area is 134 Å². The standard InChI is InChI=1S/C18H20N2OS/c1-13(18(21)19-9-8-15-5-4-10-22-15)11-14-12-20-17-7-3-2-6-16(14)17/h2-7,10,12-13,20H,8-9,11H2,1H3,(H,19,21). The summed E-state index contributed by atoms with van der Waals surface area (Å²) in [7, 11) is 0. The van der Waals surface area contributed by atoms with Crippen LogP contribution in [0.2, 0.25) is 0 Å². The van der Waals surface area contributed by atoms with Gasteiger partial charge in [-0.2, -0.15) is 0 Å². The zero-order valence-corrected chi connectivity index (χ0v) is 13.5. The lowest BCUT2D eigenvalue weighted by molar-refractivity contribution is -0.124. The fourth-order valence-electron chi connectivity index (χ4n) is 2.66. The van der Waals surface area contributed by atoms with Crippen molar-refractivity contribution in [2.45, 2.75) is 19.8 Å². The van der Waals surface area contributed by atoms with E-state index in [1.54, 1.807) is 11.3 Å². The number of thiophene rings is 1. The van der Waals surface area contributed by atoms with Crippen LogP contribution in [0.1, 0.15) is 17.4 Å². The SMILES string of the molecule is CC(Cc1c[nH]c2ccccc12)C(=O)NCCc1cccs1. The second kappa shape index (κ2) is 6.79. The van der Waals surface area contributed by atoms with Crippen LogP contribution in [0, 0.1) is 5.92 Å². The monoisotopic (exact) mass is 312 g/mol. The van der Waals surface area contributed by atoms with Gasteiger partial charge >= 0.3 is 0 Å². The molecule has 3 aromatic rings. The van der Waals surface area contributed by atoms with Crippen LogP contribution >= 0.6 is 11.3 Å². The lowest BCUT2D eigenvalue weighted by Crippen LogP contribution is -2.31. The maximum absolute atomic E-state index is 12.2. The molecule has 0 aliphatic carbocycles. The first-order valence-corrected chi connectivity index (χ1v) is 8.47. The van der Waals surface area contributed by atoms with Crippen molar-refractivity contribution < 1.29 is 4.79 Å². The molecule has 3 nitrogen and oxygen atoms in total. The van der Waals surface area contributed by atoms with Crippen molar-refractivity contribution in [2.75, 3.05) is 6.54 Å². The predicted octanol–water partition coefficient (Wildman–Crippen LogP) is 3.77. The van der Waals surface area contributed by atoms with Crippen LogP contribution in [0.3, 0.4) is 0 Å². The summed E-state index contributed by atoms with van der Waals surface area (Å²) in [4.78, 5) is 16.8. The highest BCUT2D eigenvalue weighted by Gasteiger charge is 2.15. The largest absolute Gasteiger partial charge is 0.361 e. The van der Waals surface area contributed by atoms with Crippen molar-refractivity contribution in [1.29, 1.82) is 0 Å². The first kappa shape index (κ1) is 14.9. The highest BCUT2D eigenvalue weighted by atomic mass is 32.1. The van der Waals surface area contributed by atoms with Crippen molar-refractivity contribution in [3.8, 4) is 0 Å². The van der Waals surface area contributed by atoms with Gasteiger partial charge in [0.25, 0.3) is 0 Å². The average molecular weight is 312 g/mol. The minimum Gasteiger partial charge on any atom is -0.361 e. The van der Waals surface area contributed by atoms with E-state index in [4.69, 9.17) is 0 Å². The summed E-state index contributed by atoms with van der Waals surface area (Å²) in [5.74, 6) is 0.101. The Bertz CT molecular complexity index is 745. The highest BCUT2D eigenvalue weighted by molar-refractivity contribution is 7.09. The molecule has 0 bridgehead atoms. The summed E-state index contributed by atoms with van der Waals surface area (Å²) >= 11 is 1.73. The van der Waals surface area contributed by atoms with E-state index in [2.05, 4.69) is 33.9 Å². The number of benzene rings is 1.